The molecule has 0 radical (unpaired) electrons. The second kappa shape index (κ2) is 6.82. The van der Waals surface area contributed by atoms with Crippen molar-refractivity contribution in [2.45, 2.75) is 13.8 Å². The fourth-order valence-corrected chi connectivity index (χ4v) is 3.06. The molecule has 25 heavy (non-hydrogen) atoms. The zero-order chi connectivity index (χ0) is 18.0. The number of thiazole rings is 1. The summed E-state index contributed by atoms with van der Waals surface area (Å²) in [6, 6.07) is 11.7. The van der Waals surface area contributed by atoms with E-state index in [2.05, 4.69) is 10.3 Å². The number of nitrogens with zero attached hydrogens (tertiary/aromatic N) is 2. The smallest absolute Gasteiger partial charge is 0.274 e. The van der Waals surface area contributed by atoms with Gasteiger partial charge in [0.1, 0.15) is 0 Å². The van der Waals surface area contributed by atoms with Crippen LogP contribution in [0, 0.1) is 24.0 Å². The highest BCUT2D eigenvalue weighted by Gasteiger charge is 2.15. The van der Waals surface area contributed by atoms with Gasteiger partial charge in [0.05, 0.1) is 26.9 Å². The minimum Gasteiger partial charge on any atom is -0.321 e. The van der Waals surface area contributed by atoms with Gasteiger partial charge in [-0.2, -0.15) is 0 Å². The number of nitrogens with one attached hydrogen (secondary N) is 1. The number of hydrogen-bond acceptors (Lipinski definition) is 5. The van der Waals surface area contributed by atoms with E-state index in [1.165, 1.54) is 6.07 Å². The van der Waals surface area contributed by atoms with Gasteiger partial charge in [-0.25, -0.2) is 4.98 Å². The Bertz CT molecular complexity index is 948. The molecule has 1 N–H and O–H groups in total. The number of aromatic nitrogens is 1. The molecule has 0 bridgehead atoms. The number of carbonyl (C=O) groups is 1. The number of nitro groups is 1. The van der Waals surface area contributed by atoms with E-state index in [0.717, 1.165) is 16.3 Å². The standard InChI is InChI=1S/C18H15N3O3S/c1-11-15(4-3-5-17(11)21(23)24)20-18(22)14-8-6-13(7-9-14)16-10-25-12(2)19-16/h3-10H,1-2H3,(H,20,22). The van der Waals surface area contributed by atoms with Crippen molar-refractivity contribution in [3.8, 4) is 11.3 Å². The van der Waals surface area contributed by atoms with Gasteiger partial charge in [0, 0.05) is 22.6 Å². The maximum absolute atomic E-state index is 12.4. The van der Waals surface area contributed by atoms with Crippen LogP contribution in [0.2, 0.25) is 0 Å². The minimum atomic E-state index is -0.463. The Labute approximate surface area is 148 Å². The Kier molecular flexibility index (Phi) is 4.58. The van der Waals surface area contributed by atoms with Crippen molar-refractivity contribution in [2.75, 3.05) is 5.32 Å². The first-order valence-corrected chi connectivity index (χ1v) is 8.41. The van der Waals surface area contributed by atoms with Crippen molar-refractivity contribution in [3.05, 3.63) is 74.1 Å². The van der Waals surface area contributed by atoms with Crippen LogP contribution >= 0.6 is 11.3 Å². The van der Waals surface area contributed by atoms with Crippen molar-refractivity contribution in [1.82, 2.24) is 4.98 Å². The maximum Gasteiger partial charge on any atom is 0.274 e. The van der Waals surface area contributed by atoms with E-state index in [1.807, 2.05) is 24.4 Å². The Morgan fingerprint density at radius 3 is 2.48 bits per heavy atom. The summed E-state index contributed by atoms with van der Waals surface area (Å²) >= 11 is 1.57. The van der Waals surface area contributed by atoms with Crippen LogP contribution in [0.4, 0.5) is 11.4 Å². The number of anilines is 1. The van der Waals surface area contributed by atoms with Crippen molar-refractivity contribution in [3.63, 3.8) is 0 Å². The lowest BCUT2D eigenvalue weighted by Gasteiger charge is -2.09. The lowest BCUT2D eigenvalue weighted by Crippen LogP contribution is -2.13. The van der Waals surface area contributed by atoms with Gasteiger partial charge in [-0.3, -0.25) is 14.9 Å². The molecule has 0 unspecified atom stereocenters. The summed E-state index contributed by atoms with van der Waals surface area (Å²) in [6.45, 7) is 3.55. The second-order valence-corrected chi connectivity index (χ2v) is 6.55. The monoisotopic (exact) mass is 353 g/mol. The Morgan fingerprint density at radius 1 is 1.16 bits per heavy atom. The molecule has 7 heteroatoms. The largest absolute Gasteiger partial charge is 0.321 e. The van der Waals surface area contributed by atoms with Gasteiger partial charge in [-0.1, -0.05) is 18.2 Å². The molecule has 3 rings (SSSR count). The zero-order valence-corrected chi connectivity index (χ0v) is 14.5. The molecule has 1 heterocycles. The van der Waals surface area contributed by atoms with E-state index in [9.17, 15) is 14.9 Å². The molecule has 0 aliphatic carbocycles. The van der Waals surface area contributed by atoms with Crippen molar-refractivity contribution in [2.24, 2.45) is 0 Å². The summed E-state index contributed by atoms with van der Waals surface area (Å²) in [6.07, 6.45) is 0. The predicted molar refractivity (Wildman–Crippen MR) is 98.1 cm³/mol. The van der Waals surface area contributed by atoms with Crippen LogP contribution in [-0.2, 0) is 0 Å². The van der Waals surface area contributed by atoms with E-state index in [1.54, 1.807) is 42.5 Å². The molecule has 0 saturated heterocycles. The number of aryl methyl sites for hydroxylation is 1. The number of hydrogen-bond donors (Lipinski definition) is 1. The topological polar surface area (TPSA) is 85.1 Å². The Hall–Kier alpha value is -3.06. The zero-order valence-electron chi connectivity index (χ0n) is 13.6. The van der Waals surface area contributed by atoms with Gasteiger partial charge in [0.2, 0.25) is 0 Å². The summed E-state index contributed by atoms with van der Waals surface area (Å²) in [5.74, 6) is -0.315. The lowest BCUT2D eigenvalue weighted by molar-refractivity contribution is -0.385. The molecule has 1 aromatic heterocycles. The van der Waals surface area contributed by atoms with Gasteiger partial charge in [-0.15, -0.1) is 11.3 Å². The first-order chi connectivity index (χ1) is 12.0. The van der Waals surface area contributed by atoms with E-state index >= 15 is 0 Å². The fourth-order valence-electron chi connectivity index (χ4n) is 2.44. The van der Waals surface area contributed by atoms with Gasteiger partial charge >= 0.3 is 0 Å². The van der Waals surface area contributed by atoms with Crippen molar-refractivity contribution >= 4 is 28.6 Å². The molecular weight excluding hydrogens is 338 g/mol. The molecule has 6 nitrogen and oxygen atoms in total. The number of amides is 1. The third-order valence-electron chi connectivity index (χ3n) is 3.81. The van der Waals surface area contributed by atoms with Crippen LogP contribution in [0.5, 0.6) is 0 Å². The molecule has 2 aromatic carbocycles. The van der Waals surface area contributed by atoms with E-state index in [0.29, 0.717) is 16.8 Å². The predicted octanol–water partition coefficient (Wildman–Crippen LogP) is 4.59. The fraction of sp³-hybridized carbons (Fsp3) is 0.111. The number of carbonyl (C=O) groups excluding carboxylic acids is 1. The highest BCUT2D eigenvalue weighted by Crippen LogP contribution is 2.26. The van der Waals surface area contributed by atoms with Gasteiger partial charge < -0.3 is 5.32 Å². The highest BCUT2D eigenvalue weighted by atomic mass is 32.1. The van der Waals surface area contributed by atoms with Crippen LogP contribution in [0.15, 0.2) is 47.8 Å². The van der Waals surface area contributed by atoms with Crippen LogP contribution in [0.1, 0.15) is 20.9 Å². The molecule has 0 atom stereocenters. The molecule has 0 fully saturated rings. The first kappa shape index (κ1) is 16.8. The maximum atomic E-state index is 12.4. The average Bonchev–Trinajstić information content (AvgIpc) is 3.03. The molecule has 0 saturated carbocycles. The van der Waals surface area contributed by atoms with E-state index < -0.39 is 4.92 Å². The molecular formula is C18H15N3O3S. The third-order valence-corrected chi connectivity index (χ3v) is 4.59. The third kappa shape index (κ3) is 3.56. The van der Waals surface area contributed by atoms with Crippen LogP contribution in [0.3, 0.4) is 0 Å². The van der Waals surface area contributed by atoms with Crippen LogP contribution in [0.25, 0.3) is 11.3 Å². The highest BCUT2D eigenvalue weighted by molar-refractivity contribution is 7.09. The molecule has 0 spiro atoms. The molecule has 126 valence electrons. The molecule has 0 aliphatic heterocycles. The number of benzene rings is 2. The minimum absolute atomic E-state index is 0.0213. The number of nitro benzene ring substituents is 1. The van der Waals surface area contributed by atoms with E-state index in [-0.39, 0.29) is 11.6 Å². The first-order valence-electron chi connectivity index (χ1n) is 7.53. The summed E-state index contributed by atoms with van der Waals surface area (Å²) in [7, 11) is 0. The number of rotatable bonds is 4. The summed E-state index contributed by atoms with van der Waals surface area (Å²) in [5, 5.41) is 16.7. The lowest BCUT2D eigenvalue weighted by atomic mass is 10.1. The molecule has 3 aromatic rings. The molecule has 1 amide bonds. The second-order valence-electron chi connectivity index (χ2n) is 5.49. The van der Waals surface area contributed by atoms with Crippen LogP contribution < -0.4 is 5.32 Å². The van der Waals surface area contributed by atoms with Gasteiger partial charge in [0.25, 0.3) is 11.6 Å². The summed E-state index contributed by atoms with van der Waals surface area (Å²) in [4.78, 5) is 27.3. The van der Waals surface area contributed by atoms with Crippen molar-refractivity contribution < 1.29 is 9.72 Å². The molecule has 0 aliphatic rings. The SMILES string of the molecule is Cc1nc(-c2ccc(C(=O)Nc3cccc([N+](=O)[O-])c3C)cc2)cs1. The Balaban J connectivity index is 1.80. The summed E-state index contributed by atoms with van der Waals surface area (Å²) in [5.41, 5.74) is 3.12. The normalized spacial score (nSPS) is 10.5. The van der Waals surface area contributed by atoms with Crippen LogP contribution in [-0.4, -0.2) is 15.8 Å². The van der Waals surface area contributed by atoms with E-state index in [4.69, 9.17) is 0 Å². The Morgan fingerprint density at radius 2 is 1.88 bits per heavy atom. The quantitative estimate of drug-likeness (QED) is 0.549. The van der Waals surface area contributed by atoms with Gasteiger partial charge in [-0.05, 0) is 32.0 Å². The average molecular weight is 353 g/mol. The summed E-state index contributed by atoms with van der Waals surface area (Å²) < 4.78 is 0. The van der Waals surface area contributed by atoms with Gasteiger partial charge in [0.15, 0.2) is 0 Å². The van der Waals surface area contributed by atoms with Crippen molar-refractivity contribution in [1.29, 1.82) is 0 Å².